The smallest absolute Gasteiger partial charge is 0.342 e. The van der Waals surface area contributed by atoms with Crippen molar-refractivity contribution >= 4 is 5.91 Å². The second-order valence-corrected chi connectivity index (χ2v) is 6.26. The number of alkyl halides is 3. The van der Waals surface area contributed by atoms with E-state index in [2.05, 4.69) is 0 Å². The normalized spacial score (nSPS) is 36.0. The van der Waals surface area contributed by atoms with Gasteiger partial charge in [-0.15, -0.1) is 0 Å². The highest BCUT2D eigenvalue weighted by molar-refractivity contribution is 5.80. The molecule has 3 nitrogen and oxygen atoms in total. The van der Waals surface area contributed by atoms with Crippen LogP contribution < -0.4 is 5.73 Å². The number of amides is 1. The maximum atomic E-state index is 12.8. The second-order valence-electron chi connectivity index (χ2n) is 6.26. The second kappa shape index (κ2) is 5.92. The molecule has 0 aromatic carbocycles. The molecule has 0 radical (unpaired) electrons. The number of hydrogen-bond acceptors (Lipinski definition) is 2. The highest BCUT2D eigenvalue weighted by Gasteiger charge is 2.44. The molecule has 116 valence electrons. The van der Waals surface area contributed by atoms with Crippen LogP contribution in [0, 0.1) is 17.8 Å². The number of carbonyl (C=O) groups excluding carboxylic acids is 1. The van der Waals surface area contributed by atoms with Crippen LogP contribution in [0.2, 0.25) is 0 Å². The Labute approximate surface area is 117 Å². The molecule has 2 aliphatic rings. The predicted octanol–water partition coefficient (Wildman–Crippen LogP) is 2.55. The van der Waals surface area contributed by atoms with Crippen molar-refractivity contribution in [2.45, 2.75) is 51.2 Å². The molecule has 20 heavy (non-hydrogen) atoms. The van der Waals surface area contributed by atoms with Crippen LogP contribution in [-0.2, 0) is 4.79 Å². The van der Waals surface area contributed by atoms with Crippen LogP contribution in [-0.4, -0.2) is 36.1 Å². The third-order valence-electron chi connectivity index (χ3n) is 4.75. The minimum absolute atomic E-state index is 0.125. The van der Waals surface area contributed by atoms with E-state index in [1.165, 1.54) is 4.90 Å². The SMILES string of the molecule is CC1CCCC(N)C1C(=O)N1CCCC(C(F)(F)F)C1. The van der Waals surface area contributed by atoms with Gasteiger partial charge >= 0.3 is 6.18 Å². The lowest BCUT2D eigenvalue weighted by atomic mass is 9.76. The summed E-state index contributed by atoms with van der Waals surface area (Å²) >= 11 is 0. The van der Waals surface area contributed by atoms with Crippen LogP contribution >= 0.6 is 0 Å². The quantitative estimate of drug-likeness (QED) is 0.807. The van der Waals surface area contributed by atoms with Gasteiger partial charge in [0.1, 0.15) is 0 Å². The van der Waals surface area contributed by atoms with Gasteiger partial charge in [-0.05, 0) is 31.6 Å². The molecule has 1 heterocycles. The molecule has 2 N–H and O–H groups in total. The van der Waals surface area contributed by atoms with Crippen LogP contribution in [0.15, 0.2) is 0 Å². The molecule has 0 aromatic heterocycles. The van der Waals surface area contributed by atoms with Gasteiger partial charge in [0.15, 0.2) is 0 Å². The van der Waals surface area contributed by atoms with Gasteiger partial charge in [0.25, 0.3) is 0 Å². The van der Waals surface area contributed by atoms with Crippen molar-refractivity contribution in [2.75, 3.05) is 13.1 Å². The van der Waals surface area contributed by atoms with E-state index in [-0.39, 0.29) is 36.8 Å². The van der Waals surface area contributed by atoms with Crippen LogP contribution in [0.1, 0.15) is 39.0 Å². The molecule has 1 amide bonds. The summed E-state index contributed by atoms with van der Waals surface area (Å²) in [5, 5.41) is 0. The highest BCUT2D eigenvalue weighted by Crippen LogP contribution is 2.35. The number of nitrogens with two attached hydrogens (primary N) is 1. The third-order valence-corrected chi connectivity index (χ3v) is 4.75. The average Bonchev–Trinajstić information content (AvgIpc) is 2.37. The van der Waals surface area contributed by atoms with Gasteiger partial charge in [0, 0.05) is 19.1 Å². The van der Waals surface area contributed by atoms with E-state index < -0.39 is 12.1 Å². The number of rotatable bonds is 1. The molecule has 1 aliphatic carbocycles. The van der Waals surface area contributed by atoms with Crippen LogP contribution in [0.3, 0.4) is 0 Å². The summed E-state index contributed by atoms with van der Waals surface area (Å²) in [6.07, 6.45) is -0.944. The predicted molar refractivity (Wildman–Crippen MR) is 69.8 cm³/mol. The zero-order valence-electron chi connectivity index (χ0n) is 11.8. The Morgan fingerprint density at radius 3 is 2.50 bits per heavy atom. The van der Waals surface area contributed by atoms with Crippen LogP contribution in [0.5, 0.6) is 0 Å². The van der Waals surface area contributed by atoms with E-state index in [0.29, 0.717) is 13.0 Å². The molecular formula is C14H23F3N2O. The lowest BCUT2D eigenvalue weighted by molar-refractivity contribution is -0.189. The van der Waals surface area contributed by atoms with Gasteiger partial charge < -0.3 is 10.6 Å². The minimum atomic E-state index is -4.21. The number of piperidine rings is 1. The van der Waals surface area contributed by atoms with Gasteiger partial charge in [-0.3, -0.25) is 4.79 Å². The van der Waals surface area contributed by atoms with Gasteiger partial charge in [0.2, 0.25) is 5.91 Å². The fourth-order valence-electron chi connectivity index (χ4n) is 3.54. The molecule has 0 spiro atoms. The lowest BCUT2D eigenvalue weighted by Gasteiger charge is -2.40. The number of likely N-dealkylation sites (tertiary alicyclic amines) is 1. The first-order valence-corrected chi connectivity index (χ1v) is 7.41. The van der Waals surface area contributed by atoms with E-state index in [1.54, 1.807) is 0 Å². The van der Waals surface area contributed by atoms with E-state index in [0.717, 1.165) is 19.3 Å². The lowest BCUT2D eigenvalue weighted by Crippen LogP contribution is -2.52. The van der Waals surface area contributed by atoms with E-state index in [9.17, 15) is 18.0 Å². The molecule has 0 aromatic rings. The third kappa shape index (κ3) is 3.27. The maximum Gasteiger partial charge on any atom is 0.393 e. The Bertz CT molecular complexity index is 349. The van der Waals surface area contributed by atoms with Gasteiger partial charge in [0.05, 0.1) is 11.8 Å². The first kappa shape index (κ1) is 15.6. The van der Waals surface area contributed by atoms with Crippen molar-refractivity contribution in [2.24, 2.45) is 23.5 Å². The van der Waals surface area contributed by atoms with Crippen molar-refractivity contribution in [1.29, 1.82) is 0 Å². The fourth-order valence-corrected chi connectivity index (χ4v) is 3.54. The van der Waals surface area contributed by atoms with Crippen molar-refractivity contribution in [3.05, 3.63) is 0 Å². The number of nitrogens with zero attached hydrogens (tertiary/aromatic N) is 1. The molecule has 4 unspecified atom stereocenters. The van der Waals surface area contributed by atoms with E-state index in [1.807, 2.05) is 6.92 Å². The Balaban J connectivity index is 2.04. The largest absolute Gasteiger partial charge is 0.393 e. The topological polar surface area (TPSA) is 46.3 Å². The van der Waals surface area contributed by atoms with Crippen molar-refractivity contribution < 1.29 is 18.0 Å². The molecule has 0 bridgehead atoms. The standard InChI is InChI=1S/C14H23F3N2O/c1-9-4-2-6-11(18)12(9)13(20)19-7-3-5-10(8-19)14(15,16)17/h9-12H,2-8,18H2,1H3. The molecular weight excluding hydrogens is 269 g/mol. The molecule has 1 saturated heterocycles. The summed E-state index contributed by atoms with van der Waals surface area (Å²) in [6, 6.07) is -0.211. The zero-order valence-corrected chi connectivity index (χ0v) is 11.8. The monoisotopic (exact) mass is 292 g/mol. The molecule has 4 atom stereocenters. The number of carbonyl (C=O) groups is 1. The maximum absolute atomic E-state index is 12.8. The molecule has 6 heteroatoms. The summed E-state index contributed by atoms with van der Waals surface area (Å²) in [5.41, 5.74) is 6.03. The minimum Gasteiger partial charge on any atom is -0.342 e. The number of halogens is 3. The molecule has 1 saturated carbocycles. The van der Waals surface area contributed by atoms with Crippen LogP contribution in [0.4, 0.5) is 13.2 Å². The summed E-state index contributed by atoms with van der Waals surface area (Å²) in [7, 11) is 0. The Kier molecular flexibility index (Phi) is 4.62. The summed E-state index contributed by atoms with van der Waals surface area (Å²) in [4.78, 5) is 13.9. The summed E-state index contributed by atoms with van der Waals surface area (Å²) < 4.78 is 38.4. The number of hydrogen-bond donors (Lipinski definition) is 1. The zero-order chi connectivity index (χ0) is 14.9. The van der Waals surface area contributed by atoms with E-state index >= 15 is 0 Å². The Hall–Kier alpha value is -0.780. The first-order chi connectivity index (χ1) is 9.30. The fraction of sp³-hybridized carbons (Fsp3) is 0.929. The van der Waals surface area contributed by atoms with Gasteiger partial charge in [-0.2, -0.15) is 13.2 Å². The average molecular weight is 292 g/mol. The van der Waals surface area contributed by atoms with Crippen molar-refractivity contribution in [3.63, 3.8) is 0 Å². The van der Waals surface area contributed by atoms with Gasteiger partial charge in [-0.25, -0.2) is 0 Å². The summed E-state index contributed by atoms with van der Waals surface area (Å²) in [6.45, 7) is 2.21. The Morgan fingerprint density at radius 1 is 1.20 bits per heavy atom. The molecule has 1 aliphatic heterocycles. The Morgan fingerprint density at radius 2 is 1.90 bits per heavy atom. The summed E-state index contributed by atoms with van der Waals surface area (Å²) in [5.74, 6) is -1.69. The van der Waals surface area contributed by atoms with E-state index in [4.69, 9.17) is 5.73 Å². The first-order valence-electron chi connectivity index (χ1n) is 7.41. The van der Waals surface area contributed by atoms with Gasteiger partial charge in [-0.1, -0.05) is 13.3 Å². The molecule has 2 fully saturated rings. The van der Waals surface area contributed by atoms with Crippen molar-refractivity contribution in [1.82, 2.24) is 4.90 Å². The molecule has 2 rings (SSSR count). The van der Waals surface area contributed by atoms with Crippen LogP contribution in [0.25, 0.3) is 0 Å². The van der Waals surface area contributed by atoms with Crippen molar-refractivity contribution in [3.8, 4) is 0 Å². The highest BCUT2D eigenvalue weighted by atomic mass is 19.4.